The quantitative estimate of drug-likeness (QED) is 0.648. The molecule has 2 aromatic rings. The molecule has 0 saturated carbocycles. The monoisotopic (exact) mass is 442 g/mol. The normalized spacial score (nSPS) is 15.8. The number of rotatable bonds is 7. The number of halogens is 1. The van der Waals surface area contributed by atoms with Crippen LogP contribution in [0.25, 0.3) is 0 Å². The van der Waals surface area contributed by atoms with Crippen molar-refractivity contribution in [3.8, 4) is 0 Å². The van der Waals surface area contributed by atoms with Gasteiger partial charge in [-0.2, -0.15) is 0 Å². The SMILES string of the molecule is CCc1cccc(CC)c1N1C[C@@H](C(=O)OCC(=O)Nc2cccc(Cl)c2C)CC1=O. The molecule has 1 atom stereocenters. The van der Waals surface area contributed by atoms with Gasteiger partial charge in [-0.25, -0.2) is 0 Å². The molecule has 1 heterocycles. The third-order valence-corrected chi connectivity index (χ3v) is 5.99. The van der Waals surface area contributed by atoms with Gasteiger partial charge in [-0.3, -0.25) is 14.4 Å². The summed E-state index contributed by atoms with van der Waals surface area (Å²) in [6, 6.07) is 11.2. The Morgan fingerprint density at radius 3 is 2.42 bits per heavy atom. The summed E-state index contributed by atoms with van der Waals surface area (Å²) in [5.41, 5.74) is 4.37. The van der Waals surface area contributed by atoms with E-state index in [1.54, 1.807) is 30.0 Å². The first-order valence-corrected chi connectivity index (χ1v) is 10.9. The van der Waals surface area contributed by atoms with Crippen LogP contribution in [0.4, 0.5) is 11.4 Å². The molecule has 1 saturated heterocycles. The van der Waals surface area contributed by atoms with E-state index in [-0.39, 0.29) is 18.9 Å². The van der Waals surface area contributed by atoms with Crippen molar-refractivity contribution in [3.05, 3.63) is 58.1 Å². The number of nitrogens with one attached hydrogen (secondary N) is 1. The second kappa shape index (κ2) is 9.96. The van der Waals surface area contributed by atoms with E-state index in [0.29, 0.717) is 10.7 Å². The van der Waals surface area contributed by atoms with Crippen LogP contribution in [0, 0.1) is 12.8 Å². The fourth-order valence-corrected chi connectivity index (χ4v) is 4.00. The first kappa shape index (κ1) is 22.8. The zero-order valence-electron chi connectivity index (χ0n) is 18.0. The van der Waals surface area contributed by atoms with Crippen LogP contribution in [0.1, 0.15) is 37.0 Å². The number of esters is 1. The Bertz CT molecular complexity index is 983. The van der Waals surface area contributed by atoms with Gasteiger partial charge in [-0.15, -0.1) is 0 Å². The van der Waals surface area contributed by atoms with Gasteiger partial charge in [-0.1, -0.05) is 49.7 Å². The highest BCUT2D eigenvalue weighted by molar-refractivity contribution is 6.31. The molecule has 164 valence electrons. The first-order valence-electron chi connectivity index (χ1n) is 10.5. The molecule has 0 aliphatic carbocycles. The Hall–Kier alpha value is -2.86. The minimum absolute atomic E-state index is 0.0784. The van der Waals surface area contributed by atoms with Crippen LogP contribution in [0.15, 0.2) is 36.4 Å². The molecule has 7 heteroatoms. The van der Waals surface area contributed by atoms with Crippen molar-refractivity contribution in [2.45, 2.75) is 40.0 Å². The van der Waals surface area contributed by atoms with E-state index in [1.165, 1.54) is 0 Å². The van der Waals surface area contributed by atoms with E-state index < -0.39 is 24.4 Å². The zero-order valence-corrected chi connectivity index (χ0v) is 18.8. The molecule has 1 aliphatic rings. The summed E-state index contributed by atoms with van der Waals surface area (Å²) in [5.74, 6) is -1.69. The number of nitrogens with zero attached hydrogens (tertiary/aromatic N) is 1. The lowest BCUT2D eigenvalue weighted by Crippen LogP contribution is -2.29. The summed E-state index contributed by atoms with van der Waals surface area (Å²) < 4.78 is 5.21. The summed E-state index contributed by atoms with van der Waals surface area (Å²) in [5, 5.41) is 3.23. The average Bonchev–Trinajstić information content (AvgIpc) is 3.15. The van der Waals surface area contributed by atoms with Gasteiger partial charge in [0.25, 0.3) is 5.91 Å². The fraction of sp³-hybridized carbons (Fsp3) is 0.375. The van der Waals surface area contributed by atoms with Crippen LogP contribution >= 0.6 is 11.6 Å². The average molecular weight is 443 g/mol. The Kier molecular flexibility index (Phi) is 7.33. The highest BCUT2D eigenvalue weighted by atomic mass is 35.5. The molecule has 0 aromatic heterocycles. The molecule has 2 aromatic carbocycles. The van der Waals surface area contributed by atoms with E-state index in [4.69, 9.17) is 16.3 Å². The smallest absolute Gasteiger partial charge is 0.311 e. The van der Waals surface area contributed by atoms with Gasteiger partial charge in [0, 0.05) is 29.4 Å². The summed E-state index contributed by atoms with van der Waals surface area (Å²) in [6.45, 7) is 5.73. The molecule has 1 fully saturated rings. The molecule has 3 rings (SSSR count). The molecule has 6 nitrogen and oxygen atoms in total. The van der Waals surface area contributed by atoms with Crippen molar-refractivity contribution in [3.63, 3.8) is 0 Å². The summed E-state index contributed by atoms with van der Waals surface area (Å²) in [4.78, 5) is 39.2. The van der Waals surface area contributed by atoms with Crippen molar-refractivity contribution in [2.75, 3.05) is 23.4 Å². The van der Waals surface area contributed by atoms with E-state index in [2.05, 4.69) is 5.32 Å². The maximum atomic E-state index is 12.7. The van der Waals surface area contributed by atoms with E-state index >= 15 is 0 Å². The largest absolute Gasteiger partial charge is 0.455 e. The molecule has 2 amide bonds. The van der Waals surface area contributed by atoms with Crippen molar-refractivity contribution in [1.29, 1.82) is 0 Å². The lowest BCUT2D eigenvalue weighted by molar-refractivity contribution is -0.151. The van der Waals surface area contributed by atoms with Gasteiger partial charge in [0.05, 0.1) is 5.92 Å². The van der Waals surface area contributed by atoms with Crippen LogP contribution in [0.3, 0.4) is 0 Å². The second-order valence-corrected chi connectivity index (χ2v) is 8.01. The number of para-hydroxylation sites is 1. The Labute approximate surface area is 187 Å². The number of carbonyl (C=O) groups excluding carboxylic acids is 3. The number of hydrogen-bond acceptors (Lipinski definition) is 4. The van der Waals surface area contributed by atoms with Gasteiger partial charge >= 0.3 is 5.97 Å². The van der Waals surface area contributed by atoms with Gasteiger partial charge in [-0.05, 0) is 48.6 Å². The number of carbonyl (C=O) groups is 3. The van der Waals surface area contributed by atoms with Crippen LogP contribution in [-0.2, 0) is 32.0 Å². The molecule has 0 bridgehead atoms. The lowest BCUT2D eigenvalue weighted by atomic mass is 10.0. The minimum atomic E-state index is -0.595. The number of anilines is 2. The zero-order chi connectivity index (χ0) is 22.5. The van der Waals surface area contributed by atoms with Crippen LogP contribution in [0.2, 0.25) is 5.02 Å². The minimum Gasteiger partial charge on any atom is -0.455 e. The maximum Gasteiger partial charge on any atom is 0.311 e. The predicted molar refractivity (Wildman–Crippen MR) is 121 cm³/mol. The number of aryl methyl sites for hydroxylation is 2. The molecular weight excluding hydrogens is 416 g/mol. The van der Waals surface area contributed by atoms with Gasteiger partial charge in [0.2, 0.25) is 5.91 Å². The molecule has 1 aliphatic heterocycles. The highest BCUT2D eigenvalue weighted by Crippen LogP contribution is 2.32. The maximum absolute atomic E-state index is 12.7. The summed E-state index contributed by atoms with van der Waals surface area (Å²) in [7, 11) is 0. The molecule has 0 radical (unpaired) electrons. The van der Waals surface area contributed by atoms with Crippen LogP contribution in [-0.4, -0.2) is 30.9 Å². The van der Waals surface area contributed by atoms with E-state index in [0.717, 1.165) is 35.2 Å². The van der Waals surface area contributed by atoms with Crippen LogP contribution < -0.4 is 10.2 Å². The second-order valence-electron chi connectivity index (χ2n) is 7.61. The van der Waals surface area contributed by atoms with Crippen molar-refractivity contribution in [2.24, 2.45) is 5.92 Å². The molecule has 31 heavy (non-hydrogen) atoms. The lowest BCUT2D eigenvalue weighted by Gasteiger charge is -2.23. The van der Waals surface area contributed by atoms with E-state index in [1.807, 2.05) is 32.0 Å². The third kappa shape index (κ3) is 5.07. The van der Waals surface area contributed by atoms with Gasteiger partial charge in [0.1, 0.15) is 0 Å². The number of hydrogen-bond donors (Lipinski definition) is 1. The van der Waals surface area contributed by atoms with E-state index in [9.17, 15) is 14.4 Å². The standard InChI is InChI=1S/C24H27ClN2O4/c1-4-16-8-6-9-17(5-2)23(16)27-13-18(12-22(27)29)24(30)31-14-21(28)26-20-11-7-10-19(25)15(20)3/h6-11,18H,4-5,12-14H2,1-3H3,(H,26,28)/t18-/m0/s1. The number of benzene rings is 2. The van der Waals surface area contributed by atoms with Gasteiger partial charge < -0.3 is 15.0 Å². The first-order chi connectivity index (χ1) is 14.8. The predicted octanol–water partition coefficient (Wildman–Crippen LogP) is 4.31. The Morgan fingerprint density at radius 2 is 1.77 bits per heavy atom. The van der Waals surface area contributed by atoms with Crippen molar-refractivity contribution in [1.82, 2.24) is 0 Å². The summed E-state index contributed by atoms with van der Waals surface area (Å²) >= 11 is 6.06. The molecule has 0 spiro atoms. The molecular formula is C24H27ClN2O4. The summed E-state index contributed by atoms with van der Waals surface area (Å²) in [6.07, 6.45) is 1.67. The number of ether oxygens (including phenoxy) is 1. The Morgan fingerprint density at radius 1 is 1.13 bits per heavy atom. The topological polar surface area (TPSA) is 75.7 Å². The Balaban J connectivity index is 1.62. The third-order valence-electron chi connectivity index (χ3n) is 5.58. The van der Waals surface area contributed by atoms with Crippen LogP contribution in [0.5, 0.6) is 0 Å². The van der Waals surface area contributed by atoms with Crippen molar-refractivity contribution >= 4 is 40.8 Å². The van der Waals surface area contributed by atoms with Gasteiger partial charge in [0.15, 0.2) is 6.61 Å². The molecule has 0 unspecified atom stereocenters. The molecule has 1 N–H and O–H groups in total. The van der Waals surface area contributed by atoms with Crippen molar-refractivity contribution < 1.29 is 19.1 Å². The number of amides is 2. The fourth-order valence-electron chi connectivity index (χ4n) is 3.83. The highest BCUT2D eigenvalue weighted by Gasteiger charge is 2.37.